The molecule has 0 aromatic carbocycles. The SMILES string of the molecule is CC(CCNC1CCC(C(=O)O)CC1)CC(C)(C)C. The Morgan fingerprint density at radius 2 is 1.84 bits per heavy atom. The summed E-state index contributed by atoms with van der Waals surface area (Å²) in [5.41, 5.74) is 0.416. The lowest BCUT2D eigenvalue weighted by atomic mass is 9.84. The highest BCUT2D eigenvalue weighted by Gasteiger charge is 2.25. The summed E-state index contributed by atoms with van der Waals surface area (Å²) in [5, 5.41) is 12.6. The van der Waals surface area contributed by atoms with Crippen molar-refractivity contribution >= 4 is 5.97 Å². The predicted octanol–water partition coefficient (Wildman–Crippen LogP) is 3.68. The number of carboxylic acid groups (broad SMARTS) is 1. The van der Waals surface area contributed by atoms with Crippen LogP contribution in [-0.2, 0) is 4.79 Å². The second-order valence-corrected chi connectivity index (χ2v) is 7.50. The molecule has 0 amide bonds. The zero-order valence-electron chi connectivity index (χ0n) is 13.0. The van der Waals surface area contributed by atoms with Crippen molar-refractivity contribution in [2.24, 2.45) is 17.3 Å². The molecule has 1 unspecified atom stereocenters. The van der Waals surface area contributed by atoms with Crippen LogP contribution in [0.4, 0.5) is 0 Å². The van der Waals surface area contributed by atoms with Crippen LogP contribution in [0.1, 0.15) is 66.2 Å². The highest BCUT2D eigenvalue weighted by molar-refractivity contribution is 5.70. The molecule has 3 heteroatoms. The van der Waals surface area contributed by atoms with Crippen molar-refractivity contribution in [3.05, 3.63) is 0 Å². The van der Waals surface area contributed by atoms with Crippen LogP contribution in [0, 0.1) is 17.3 Å². The first-order valence-corrected chi connectivity index (χ1v) is 7.74. The van der Waals surface area contributed by atoms with Crippen LogP contribution in [-0.4, -0.2) is 23.7 Å². The van der Waals surface area contributed by atoms with E-state index in [2.05, 4.69) is 33.0 Å². The van der Waals surface area contributed by atoms with Gasteiger partial charge in [-0.05, 0) is 56.4 Å². The van der Waals surface area contributed by atoms with Crippen molar-refractivity contribution < 1.29 is 9.90 Å². The van der Waals surface area contributed by atoms with E-state index in [1.165, 1.54) is 12.8 Å². The first kappa shape index (κ1) is 16.5. The van der Waals surface area contributed by atoms with E-state index >= 15 is 0 Å². The van der Waals surface area contributed by atoms with E-state index in [0.717, 1.165) is 38.1 Å². The molecule has 1 aliphatic rings. The molecule has 0 saturated heterocycles. The van der Waals surface area contributed by atoms with Gasteiger partial charge in [0.05, 0.1) is 5.92 Å². The number of rotatable bonds is 6. The Morgan fingerprint density at radius 1 is 1.26 bits per heavy atom. The minimum absolute atomic E-state index is 0.0992. The molecule has 1 atom stereocenters. The third-order valence-electron chi connectivity index (χ3n) is 4.11. The third kappa shape index (κ3) is 6.95. The highest BCUT2D eigenvalue weighted by Crippen LogP contribution is 2.26. The molecule has 1 fully saturated rings. The fraction of sp³-hybridized carbons (Fsp3) is 0.938. The van der Waals surface area contributed by atoms with E-state index in [1.54, 1.807) is 0 Å². The van der Waals surface area contributed by atoms with Gasteiger partial charge in [0.25, 0.3) is 0 Å². The smallest absolute Gasteiger partial charge is 0.306 e. The van der Waals surface area contributed by atoms with Crippen molar-refractivity contribution in [3.63, 3.8) is 0 Å². The van der Waals surface area contributed by atoms with Gasteiger partial charge in [0.1, 0.15) is 0 Å². The second kappa shape index (κ2) is 7.28. The van der Waals surface area contributed by atoms with Gasteiger partial charge in [-0.25, -0.2) is 0 Å². The van der Waals surface area contributed by atoms with Gasteiger partial charge in [-0.3, -0.25) is 4.79 Å². The van der Waals surface area contributed by atoms with Crippen molar-refractivity contribution in [1.82, 2.24) is 5.32 Å². The number of hydrogen-bond acceptors (Lipinski definition) is 2. The maximum absolute atomic E-state index is 10.9. The van der Waals surface area contributed by atoms with Gasteiger partial charge in [-0.1, -0.05) is 27.7 Å². The van der Waals surface area contributed by atoms with Crippen LogP contribution < -0.4 is 5.32 Å². The summed E-state index contributed by atoms with van der Waals surface area (Å²) in [6.45, 7) is 10.3. The summed E-state index contributed by atoms with van der Waals surface area (Å²) < 4.78 is 0. The second-order valence-electron chi connectivity index (χ2n) is 7.50. The summed E-state index contributed by atoms with van der Waals surface area (Å²) in [4.78, 5) is 10.9. The van der Waals surface area contributed by atoms with Crippen LogP contribution in [0.2, 0.25) is 0 Å². The fourth-order valence-corrected chi connectivity index (χ4v) is 3.23. The topological polar surface area (TPSA) is 49.3 Å². The van der Waals surface area contributed by atoms with E-state index in [0.29, 0.717) is 11.5 Å². The van der Waals surface area contributed by atoms with Crippen molar-refractivity contribution in [2.75, 3.05) is 6.54 Å². The molecule has 0 aromatic rings. The summed E-state index contributed by atoms with van der Waals surface area (Å²) >= 11 is 0. The lowest BCUT2D eigenvalue weighted by Gasteiger charge is -2.28. The van der Waals surface area contributed by atoms with E-state index in [-0.39, 0.29) is 5.92 Å². The molecule has 19 heavy (non-hydrogen) atoms. The number of carbonyl (C=O) groups is 1. The third-order valence-corrected chi connectivity index (χ3v) is 4.11. The van der Waals surface area contributed by atoms with Crippen molar-refractivity contribution in [2.45, 2.75) is 72.3 Å². The summed E-state index contributed by atoms with van der Waals surface area (Å²) in [6.07, 6.45) is 6.20. The Kier molecular flexibility index (Phi) is 6.31. The van der Waals surface area contributed by atoms with E-state index < -0.39 is 5.97 Å². The van der Waals surface area contributed by atoms with Gasteiger partial charge < -0.3 is 10.4 Å². The maximum atomic E-state index is 10.9. The lowest BCUT2D eigenvalue weighted by Crippen LogP contribution is -2.36. The summed E-state index contributed by atoms with van der Waals surface area (Å²) in [5.74, 6) is 0.0398. The zero-order valence-corrected chi connectivity index (χ0v) is 13.0. The molecule has 1 aliphatic carbocycles. The first-order valence-electron chi connectivity index (χ1n) is 7.74. The van der Waals surface area contributed by atoms with Gasteiger partial charge in [0.15, 0.2) is 0 Å². The minimum atomic E-state index is -0.614. The van der Waals surface area contributed by atoms with Crippen molar-refractivity contribution in [1.29, 1.82) is 0 Å². The highest BCUT2D eigenvalue weighted by atomic mass is 16.4. The number of aliphatic carboxylic acids is 1. The number of hydrogen-bond donors (Lipinski definition) is 2. The van der Waals surface area contributed by atoms with Crippen LogP contribution in [0.3, 0.4) is 0 Å². The molecule has 0 radical (unpaired) electrons. The molecule has 3 nitrogen and oxygen atoms in total. The van der Waals surface area contributed by atoms with Gasteiger partial charge >= 0.3 is 5.97 Å². The van der Waals surface area contributed by atoms with E-state index in [9.17, 15) is 4.79 Å². The lowest BCUT2D eigenvalue weighted by molar-refractivity contribution is -0.142. The maximum Gasteiger partial charge on any atom is 0.306 e. The number of carboxylic acids is 1. The molecule has 1 rings (SSSR count). The van der Waals surface area contributed by atoms with Crippen LogP contribution in [0.25, 0.3) is 0 Å². The Hall–Kier alpha value is -0.570. The number of nitrogens with one attached hydrogen (secondary N) is 1. The average Bonchev–Trinajstić information content (AvgIpc) is 2.27. The molecule has 0 heterocycles. The zero-order chi connectivity index (χ0) is 14.5. The van der Waals surface area contributed by atoms with Crippen molar-refractivity contribution in [3.8, 4) is 0 Å². The molecular weight excluding hydrogens is 238 g/mol. The molecule has 0 spiro atoms. The van der Waals surface area contributed by atoms with Crippen LogP contribution in [0.15, 0.2) is 0 Å². The van der Waals surface area contributed by atoms with Gasteiger partial charge in [-0.15, -0.1) is 0 Å². The first-order chi connectivity index (χ1) is 8.78. The molecule has 0 aliphatic heterocycles. The molecule has 0 bridgehead atoms. The standard InChI is InChI=1S/C16H31NO2/c1-12(11-16(2,3)4)9-10-17-14-7-5-13(6-8-14)15(18)19/h12-14,17H,5-11H2,1-4H3,(H,18,19). The quantitative estimate of drug-likeness (QED) is 0.773. The van der Waals surface area contributed by atoms with Gasteiger partial charge in [-0.2, -0.15) is 0 Å². The summed E-state index contributed by atoms with van der Waals surface area (Å²) in [7, 11) is 0. The normalized spacial score (nSPS) is 26.1. The molecule has 0 aromatic heterocycles. The largest absolute Gasteiger partial charge is 0.481 e. The predicted molar refractivity (Wildman–Crippen MR) is 79.2 cm³/mol. The fourth-order valence-electron chi connectivity index (χ4n) is 3.23. The van der Waals surface area contributed by atoms with Crippen LogP contribution >= 0.6 is 0 Å². The van der Waals surface area contributed by atoms with Gasteiger partial charge in [0, 0.05) is 6.04 Å². The Bertz CT molecular complexity index is 275. The Labute approximate surface area is 118 Å². The van der Waals surface area contributed by atoms with E-state index in [4.69, 9.17) is 5.11 Å². The minimum Gasteiger partial charge on any atom is -0.481 e. The molecule has 2 N–H and O–H groups in total. The Morgan fingerprint density at radius 3 is 2.32 bits per heavy atom. The van der Waals surface area contributed by atoms with Crippen LogP contribution in [0.5, 0.6) is 0 Å². The Balaban J connectivity index is 2.12. The summed E-state index contributed by atoms with van der Waals surface area (Å²) in [6, 6.07) is 0.539. The monoisotopic (exact) mass is 269 g/mol. The average molecular weight is 269 g/mol. The molecular formula is C16H31NO2. The van der Waals surface area contributed by atoms with E-state index in [1.807, 2.05) is 0 Å². The molecule has 112 valence electrons. The molecule has 1 saturated carbocycles. The van der Waals surface area contributed by atoms with Gasteiger partial charge in [0.2, 0.25) is 0 Å².